The van der Waals surface area contributed by atoms with Gasteiger partial charge in [0.2, 0.25) is 17.7 Å². The van der Waals surface area contributed by atoms with Gasteiger partial charge in [0.25, 0.3) is 0 Å². The Kier molecular flexibility index (Phi) is 5.59. The van der Waals surface area contributed by atoms with E-state index in [9.17, 15) is 14.4 Å². The van der Waals surface area contributed by atoms with Crippen LogP contribution in [0.3, 0.4) is 0 Å². The van der Waals surface area contributed by atoms with E-state index in [-0.39, 0.29) is 23.6 Å². The van der Waals surface area contributed by atoms with Crippen molar-refractivity contribution < 1.29 is 14.4 Å². The van der Waals surface area contributed by atoms with Crippen LogP contribution in [0.4, 0.5) is 11.4 Å². The lowest BCUT2D eigenvalue weighted by molar-refractivity contribution is -0.134. The summed E-state index contributed by atoms with van der Waals surface area (Å²) in [4.78, 5) is 39.9. The summed E-state index contributed by atoms with van der Waals surface area (Å²) in [5.41, 5.74) is 2.80. The Morgan fingerprint density at radius 2 is 2.00 bits per heavy atom. The number of hydrogen-bond acceptors (Lipinski definition) is 3. The Morgan fingerprint density at radius 1 is 1.19 bits per heavy atom. The first-order chi connectivity index (χ1) is 12.5. The lowest BCUT2D eigenvalue weighted by Crippen LogP contribution is -2.43. The second-order valence-corrected chi connectivity index (χ2v) is 7.14. The number of nitrogens with zero attached hydrogens (tertiary/aromatic N) is 2. The van der Waals surface area contributed by atoms with Crippen molar-refractivity contribution in [1.29, 1.82) is 0 Å². The van der Waals surface area contributed by atoms with E-state index in [1.165, 1.54) is 0 Å². The average Bonchev–Trinajstić information content (AvgIpc) is 2.66. The predicted molar refractivity (Wildman–Crippen MR) is 101 cm³/mol. The number of aryl methyl sites for hydroxylation is 1. The van der Waals surface area contributed by atoms with Crippen LogP contribution in [0, 0.1) is 5.92 Å². The van der Waals surface area contributed by atoms with E-state index in [1.54, 1.807) is 16.7 Å². The molecule has 1 aromatic rings. The molecule has 1 unspecified atom stereocenters. The molecule has 2 heterocycles. The molecule has 3 amide bonds. The Morgan fingerprint density at radius 3 is 2.73 bits per heavy atom. The lowest BCUT2D eigenvalue weighted by Gasteiger charge is -2.32. The summed E-state index contributed by atoms with van der Waals surface area (Å²) in [6.45, 7) is 5.43. The van der Waals surface area contributed by atoms with Gasteiger partial charge in [-0.15, -0.1) is 0 Å². The molecule has 1 N–H and O–H groups in total. The molecule has 0 aromatic heterocycles. The highest BCUT2D eigenvalue weighted by atomic mass is 16.2. The van der Waals surface area contributed by atoms with Gasteiger partial charge in [0, 0.05) is 44.4 Å². The zero-order chi connectivity index (χ0) is 18.7. The summed E-state index contributed by atoms with van der Waals surface area (Å²) in [6, 6.07) is 5.75. The molecule has 2 aliphatic heterocycles. The Bertz CT molecular complexity index is 716. The quantitative estimate of drug-likeness (QED) is 0.904. The maximum Gasteiger partial charge on any atom is 0.229 e. The molecular formula is C20H27N3O3. The first-order valence-electron chi connectivity index (χ1n) is 9.49. The topological polar surface area (TPSA) is 69.7 Å². The standard InChI is InChI=1S/C20H27N3O3/c1-3-19(25)22-10-4-7-16(13-22)20(26)21-17-8-9-18-15(12-17)6-5-11-23(18)14(2)24/h8-9,12,16H,3-7,10-11,13H2,1-2H3,(H,21,26). The minimum atomic E-state index is -0.163. The fourth-order valence-electron chi connectivity index (χ4n) is 3.89. The van der Waals surface area contributed by atoms with Crippen molar-refractivity contribution >= 4 is 29.1 Å². The smallest absolute Gasteiger partial charge is 0.229 e. The summed E-state index contributed by atoms with van der Waals surface area (Å²) in [7, 11) is 0. The first-order valence-corrected chi connectivity index (χ1v) is 9.49. The van der Waals surface area contributed by atoms with E-state index in [4.69, 9.17) is 0 Å². The Hall–Kier alpha value is -2.37. The molecule has 3 rings (SSSR count). The second-order valence-electron chi connectivity index (χ2n) is 7.14. The SMILES string of the molecule is CCC(=O)N1CCCC(C(=O)Nc2ccc3c(c2)CCCN3C(C)=O)C1. The maximum absolute atomic E-state index is 12.7. The second kappa shape index (κ2) is 7.89. The van der Waals surface area contributed by atoms with E-state index in [1.807, 2.05) is 25.1 Å². The van der Waals surface area contributed by atoms with E-state index >= 15 is 0 Å². The summed E-state index contributed by atoms with van der Waals surface area (Å²) >= 11 is 0. The number of carbonyl (C=O) groups is 3. The minimum absolute atomic E-state index is 0.0298. The van der Waals surface area contributed by atoms with Crippen LogP contribution in [0.1, 0.15) is 45.1 Å². The largest absolute Gasteiger partial charge is 0.342 e. The van der Waals surface area contributed by atoms with E-state index in [2.05, 4.69) is 5.32 Å². The summed E-state index contributed by atoms with van der Waals surface area (Å²) in [5, 5.41) is 3.00. The number of nitrogens with one attached hydrogen (secondary N) is 1. The van der Waals surface area contributed by atoms with Gasteiger partial charge in [0.15, 0.2) is 0 Å². The fraction of sp³-hybridized carbons (Fsp3) is 0.550. The van der Waals surface area contributed by atoms with Gasteiger partial charge in [-0.2, -0.15) is 0 Å². The molecule has 2 aliphatic rings. The van der Waals surface area contributed by atoms with Gasteiger partial charge in [-0.3, -0.25) is 14.4 Å². The van der Waals surface area contributed by atoms with Gasteiger partial charge in [-0.05, 0) is 49.4 Å². The molecule has 0 bridgehead atoms. The Labute approximate surface area is 154 Å². The van der Waals surface area contributed by atoms with Gasteiger partial charge in [-0.25, -0.2) is 0 Å². The number of fused-ring (bicyclic) bond motifs is 1. The molecule has 140 valence electrons. The van der Waals surface area contributed by atoms with Crippen molar-refractivity contribution in [3.8, 4) is 0 Å². The zero-order valence-electron chi connectivity index (χ0n) is 15.6. The number of piperidine rings is 1. The minimum Gasteiger partial charge on any atom is -0.342 e. The molecule has 1 aromatic carbocycles. The normalized spacial score (nSPS) is 19.7. The molecule has 0 radical (unpaired) electrons. The molecule has 26 heavy (non-hydrogen) atoms. The molecule has 6 heteroatoms. The number of likely N-dealkylation sites (tertiary alicyclic amines) is 1. The number of benzene rings is 1. The van der Waals surface area contributed by atoms with Crippen molar-refractivity contribution in [2.45, 2.75) is 46.0 Å². The van der Waals surface area contributed by atoms with Crippen molar-refractivity contribution in [2.75, 3.05) is 29.9 Å². The zero-order valence-corrected chi connectivity index (χ0v) is 15.6. The highest BCUT2D eigenvalue weighted by Crippen LogP contribution is 2.30. The first kappa shape index (κ1) is 18.4. The van der Waals surface area contributed by atoms with Crippen LogP contribution in [-0.4, -0.2) is 42.3 Å². The molecule has 1 atom stereocenters. The molecule has 0 aliphatic carbocycles. The average molecular weight is 357 g/mol. The van der Waals surface area contributed by atoms with E-state index in [0.717, 1.165) is 55.7 Å². The molecule has 1 fully saturated rings. The number of carbonyl (C=O) groups excluding carboxylic acids is 3. The molecule has 6 nitrogen and oxygen atoms in total. The third-order valence-corrected chi connectivity index (χ3v) is 5.29. The third-order valence-electron chi connectivity index (χ3n) is 5.29. The number of hydrogen-bond donors (Lipinski definition) is 1. The highest BCUT2D eigenvalue weighted by Gasteiger charge is 2.28. The van der Waals surface area contributed by atoms with Crippen LogP contribution < -0.4 is 10.2 Å². The van der Waals surface area contributed by atoms with Crippen molar-refractivity contribution in [3.63, 3.8) is 0 Å². The van der Waals surface area contributed by atoms with Gasteiger partial charge in [-0.1, -0.05) is 6.92 Å². The lowest BCUT2D eigenvalue weighted by atomic mass is 9.96. The van der Waals surface area contributed by atoms with Gasteiger partial charge >= 0.3 is 0 Å². The van der Waals surface area contributed by atoms with Crippen molar-refractivity contribution in [3.05, 3.63) is 23.8 Å². The van der Waals surface area contributed by atoms with Gasteiger partial charge in [0.1, 0.15) is 0 Å². The van der Waals surface area contributed by atoms with Crippen LogP contribution >= 0.6 is 0 Å². The van der Waals surface area contributed by atoms with Crippen LogP contribution in [0.15, 0.2) is 18.2 Å². The van der Waals surface area contributed by atoms with Crippen LogP contribution in [0.5, 0.6) is 0 Å². The monoisotopic (exact) mass is 357 g/mol. The summed E-state index contributed by atoms with van der Waals surface area (Å²) < 4.78 is 0. The van der Waals surface area contributed by atoms with Crippen LogP contribution in [0.25, 0.3) is 0 Å². The van der Waals surface area contributed by atoms with Crippen molar-refractivity contribution in [1.82, 2.24) is 4.90 Å². The van der Waals surface area contributed by atoms with E-state index in [0.29, 0.717) is 13.0 Å². The highest BCUT2D eigenvalue weighted by molar-refractivity contribution is 5.95. The maximum atomic E-state index is 12.7. The summed E-state index contributed by atoms with van der Waals surface area (Å²) in [6.07, 6.45) is 3.99. The molecule has 1 saturated heterocycles. The Balaban J connectivity index is 1.68. The van der Waals surface area contributed by atoms with Crippen molar-refractivity contribution in [2.24, 2.45) is 5.92 Å². The van der Waals surface area contributed by atoms with Crippen LogP contribution in [-0.2, 0) is 20.8 Å². The molecule has 0 spiro atoms. The molecular weight excluding hydrogens is 330 g/mol. The number of anilines is 2. The third kappa shape index (κ3) is 3.89. The summed E-state index contributed by atoms with van der Waals surface area (Å²) in [5.74, 6) is -0.0342. The fourth-order valence-corrected chi connectivity index (χ4v) is 3.89. The predicted octanol–water partition coefficient (Wildman–Crippen LogP) is 2.57. The van der Waals surface area contributed by atoms with Gasteiger partial charge in [0.05, 0.1) is 5.92 Å². The number of rotatable bonds is 3. The van der Waals surface area contributed by atoms with Crippen LogP contribution in [0.2, 0.25) is 0 Å². The van der Waals surface area contributed by atoms with E-state index < -0.39 is 0 Å². The number of amides is 3. The molecule has 0 saturated carbocycles. The van der Waals surface area contributed by atoms with Gasteiger partial charge < -0.3 is 15.1 Å².